The molecule has 2 bridgehead atoms. The molecule has 0 spiro atoms. The lowest BCUT2D eigenvalue weighted by molar-refractivity contribution is -0.128. The highest BCUT2D eigenvalue weighted by Gasteiger charge is 2.40. The van der Waals surface area contributed by atoms with Gasteiger partial charge < -0.3 is 15.8 Å². The van der Waals surface area contributed by atoms with E-state index in [1.54, 1.807) is 0 Å². The highest BCUT2D eigenvalue weighted by molar-refractivity contribution is 5.85. The predicted octanol–water partition coefficient (Wildman–Crippen LogP) is 3.88. The average molecular weight is 381 g/mol. The first-order chi connectivity index (χ1) is 12.1. The molecule has 2 atom stereocenters. The number of ether oxygens (including phenoxy) is 1. The third-order valence-electron chi connectivity index (χ3n) is 5.98. The van der Waals surface area contributed by atoms with Gasteiger partial charge in [0.2, 0.25) is 5.91 Å². The van der Waals surface area contributed by atoms with Crippen molar-refractivity contribution in [3.8, 4) is 5.75 Å². The van der Waals surface area contributed by atoms with Gasteiger partial charge in [0, 0.05) is 12.0 Å². The SMILES string of the molecule is CC(C)c1ccccc1OCCNC(=O)C1CC2CCCC(C1)C2N.Cl. The Morgan fingerprint density at radius 1 is 1.23 bits per heavy atom. The zero-order valence-electron chi connectivity index (χ0n) is 15.9. The molecule has 2 aliphatic carbocycles. The molecule has 1 amide bonds. The van der Waals surface area contributed by atoms with Gasteiger partial charge in [0.15, 0.2) is 0 Å². The summed E-state index contributed by atoms with van der Waals surface area (Å²) >= 11 is 0. The fraction of sp³-hybridized carbons (Fsp3) is 0.667. The second-order valence-electron chi connectivity index (χ2n) is 8.03. The number of hydrogen-bond donors (Lipinski definition) is 2. The van der Waals surface area contributed by atoms with Gasteiger partial charge in [-0.2, -0.15) is 0 Å². The topological polar surface area (TPSA) is 64.3 Å². The third kappa shape index (κ3) is 4.92. The molecule has 0 saturated heterocycles. The highest BCUT2D eigenvalue weighted by atomic mass is 35.5. The Morgan fingerprint density at radius 3 is 2.54 bits per heavy atom. The van der Waals surface area contributed by atoms with Crippen LogP contribution in [0.15, 0.2) is 24.3 Å². The Kier molecular flexibility index (Phi) is 7.78. The highest BCUT2D eigenvalue weighted by Crippen LogP contribution is 2.41. The first-order valence-corrected chi connectivity index (χ1v) is 9.81. The van der Waals surface area contributed by atoms with E-state index < -0.39 is 0 Å². The van der Waals surface area contributed by atoms with Crippen LogP contribution in [0.4, 0.5) is 0 Å². The normalized spacial score (nSPS) is 27.5. The molecule has 0 aromatic heterocycles. The van der Waals surface area contributed by atoms with Gasteiger partial charge in [-0.1, -0.05) is 38.5 Å². The van der Waals surface area contributed by atoms with Gasteiger partial charge in [-0.3, -0.25) is 4.79 Å². The summed E-state index contributed by atoms with van der Waals surface area (Å²) in [4.78, 5) is 12.5. The molecule has 2 saturated carbocycles. The number of rotatable bonds is 6. The van der Waals surface area contributed by atoms with Crippen LogP contribution in [0.5, 0.6) is 5.75 Å². The van der Waals surface area contributed by atoms with E-state index in [0.717, 1.165) is 18.6 Å². The van der Waals surface area contributed by atoms with Crippen molar-refractivity contribution in [2.24, 2.45) is 23.5 Å². The lowest BCUT2D eigenvalue weighted by Crippen LogP contribution is -2.49. The van der Waals surface area contributed by atoms with Crippen molar-refractivity contribution in [2.75, 3.05) is 13.2 Å². The minimum Gasteiger partial charge on any atom is -0.491 e. The molecular formula is C21H33ClN2O2. The summed E-state index contributed by atoms with van der Waals surface area (Å²) in [6.45, 7) is 5.39. The Bertz CT molecular complexity index is 579. The van der Waals surface area contributed by atoms with E-state index in [2.05, 4.69) is 25.2 Å². The van der Waals surface area contributed by atoms with Gasteiger partial charge >= 0.3 is 0 Å². The van der Waals surface area contributed by atoms with Crippen LogP contribution < -0.4 is 15.8 Å². The van der Waals surface area contributed by atoms with Crippen molar-refractivity contribution >= 4 is 18.3 Å². The van der Waals surface area contributed by atoms with Crippen LogP contribution in [-0.2, 0) is 4.79 Å². The van der Waals surface area contributed by atoms with Crippen molar-refractivity contribution < 1.29 is 9.53 Å². The largest absolute Gasteiger partial charge is 0.491 e. The number of fused-ring (bicyclic) bond motifs is 2. The Balaban J connectivity index is 0.00000243. The molecule has 2 fully saturated rings. The fourth-order valence-corrected chi connectivity index (χ4v) is 4.57. The van der Waals surface area contributed by atoms with Crippen LogP contribution in [0.25, 0.3) is 0 Å². The smallest absolute Gasteiger partial charge is 0.223 e. The molecule has 4 nitrogen and oxygen atoms in total. The van der Waals surface area contributed by atoms with E-state index in [9.17, 15) is 4.79 Å². The number of nitrogens with one attached hydrogen (secondary N) is 1. The molecule has 2 aliphatic rings. The van der Waals surface area contributed by atoms with Crippen LogP contribution in [0.3, 0.4) is 0 Å². The van der Waals surface area contributed by atoms with Crippen LogP contribution in [0.2, 0.25) is 0 Å². The molecule has 3 rings (SSSR count). The van der Waals surface area contributed by atoms with Crippen LogP contribution >= 0.6 is 12.4 Å². The van der Waals surface area contributed by atoms with Gasteiger partial charge in [0.1, 0.15) is 12.4 Å². The van der Waals surface area contributed by atoms with E-state index in [1.165, 1.54) is 24.8 Å². The number of benzene rings is 1. The zero-order chi connectivity index (χ0) is 17.8. The summed E-state index contributed by atoms with van der Waals surface area (Å²) < 4.78 is 5.89. The zero-order valence-corrected chi connectivity index (χ0v) is 16.8. The fourth-order valence-electron chi connectivity index (χ4n) is 4.57. The van der Waals surface area contributed by atoms with Crippen LogP contribution in [0, 0.1) is 17.8 Å². The van der Waals surface area contributed by atoms with Gasteiger partial charge in [-0.25, -0.2) is 0 Å². The summed E-state index contributed by atoms with van der Waals surface area (Å²) in [6.07, 6.45) is 5.58. The maximum absolute atomic E-state index is 12.5. The van der Waals surface area contributed by atoms with E-state index in [-0.39, 0.29) is 24.2 Å². The molecule has 1 aromatic rings. The van der Waals surface area contributed by atoms with E-state index in [0.29, 0.717) is 36.9 Å². The number of hydrogen-bond acceptors (Lipinski definition) is 3. The molecule has 146 valence electrons. The van der Waals surface area contributed by atoms with E-state index >= 15 is 0 Å². The molecule has 3 N–H and O–H groups in total. The lowest BCUT2D eigenvalue weighted by Gasteiger charge is -2.43. The van der Waals surface area contributed by atoms with Gasteiger partial charge in [0.25, 0.3) is 0 Å². The van der Waals surface area contributed by atoms with Gasteiger partial charge in [-0.05, 0) is 55.1 Å². The molecule has 0 heterocycles. The minimum absolute atomic E-state index is 0. The summed E-state index contributed by atoms with van der Waals surface area (Å²) in [6, 6.07) is 8.44. The molecular weight excluding hydrogens is 348 g/mol. The van der Waals surface area contributed by atoms with Crippen molar-refractivity contribution in [2.45, 2.75) is 57.9 Å². The number of nitrogens with two attached hydrogens (primary N) is 1. The molecule has 26 heavy (non-hydrogen) atoms. The second kappa shape index (κ2) is 9.61. The van der Waals surface area contributed by atoms with Crippen molar-refractivity contribution in [1.82, 2.24) is 5.32 Å². The number of para-hydroxylation sites is 1. The Hall–Kier alpha value is -1.26. The molecule has 0 radical (unpaired) electrons. The summed E-state index contributed by atoms with van der Waals surface area (Å²) in [5.74, 6) is 2.75. The number of carbonyl (C=O) groups is 1. The van der Waals surface area contributed by atoms with Crippen molar-refractivity contribution in [3.05, 3.63) is 29.8 Å². The first kappa shape index (κ1) is 21.0. The Morgan fingerprint density at radius 2 is 1.88 bits per heavy atom. The lowest BCUT2D eigenvalue weighted by atomic mass is 9.65. The average Bonchev–Trinajstić information content (AvgIpc) is 2.58. The Labute approximate surface area is 163 Å². The summed E-state index contributed by atoms with van der Waals surface area (Å²) in [5, 5.41) is 3.07. The van der Waals surface area contributed by atoms with Gasteiger partial charge in [0.05, 0.1) is 6.54 Å². The summed E-state index contributed by atoms with van der Waals surface area (Å²) in [7, 11) is 0. The quantitative estimate of drug-likeness (QED) is 0.736. The van der Waals surface area contributed by atoms with E-state index in [1.807, 2.05) is 18.2 Å². The first-order valence-electron chi connectivity index (χ1n) is 9.81. The second-order valence-corrected chi connectivity index (χ2v) is 8.03. The molecule has 1 aromatic carbocycles. The van der Waals surface area contributed by atoms with Crippen LogP contribution in [0.1, 0.15) is 57.4 Å². The van der Waals surface area contributed by atoms with Crippen molar-refractivity contribution in [1.29, 1.82) is 0 Å². The van der Waals surface area contributed by atoms with E-state index in [4.69, 9.17) is 10.5 Å². The number of amides is 1. The number of halogens is 1. The standard InChI is InChI=1S/C21H32N2O2.ClH/c1-14(2)18-8-3-4-9-19(18)25-11-10-23-21(24)17-12-15-6-5-7-16(13-17)20(15)22;/h3-4,8-9,14-17,20H,5-7,10-13,22H2,1-2H3,(H,23,24);1H. The molecule has 2 unspecified atom stereocenters. The maximum atomic E-state index is 12.5. The van der Waals surface area contributed by atoms with Crippen LogP contribution in [-0.4, -0.2) is 25.1 Å². The maximum Gasteiger partial charge on any atom is 0.223 e. The van der Waals surface area contributed by atoms with Gasteiger partial charge in [-0.15, -0.1) is 12.4 Å². The summed E-state index contributed by atoms with van der Waals surface area (Å²) in [5.41, 5.74) is 7.53. The number of carbonyl (C=O) groups excluding carboxylic acids is 1. The minimum atomic E-state index is 0. The molecule has 0 aliphatic heterocycles. The third-order valence-corrected chi connectivity index (χ3v) is 5.98. The monoisotopic (exact) mass is 380 g/mol. The predicted molar refractivity (Wildman–Crippen MR) is 108 cm³/mol. The molecule has 5 heteroatoms. The van der Waals surface area contributed by atoms with Crippen molar-refractivity contribution in [3.63, 3.8) is 0 Å².